The molecule has 1 aliphatic rings. The first-order valence-corrected chi connectivity index (χ1v) is 8.44. The summed E-state index contributed by atoms with van der Waals surface area (Å²) in [5, 5.41) is 5.90. The molecule has 2 aromatic rings. The van der Waals surface area contributed by atoms with Gasteiger partial charge >= 0.3 is 6.03 Å². The summed E-state index contributed by atoms with van der Waals surface area (Å²) in [6.07, 6.45) is 5.71. The fourth-order valence-corrected chi connectivity index (χ4v) is 2.97. The third-order valence-corrected chi connectivity index (χ3v) is 4.33. The number of aromatic nitrogens is 2. The molecule has 2 amide bonds. The molecule has 1 aliphatic heterocycles. The van der Waals surface area contributed by atoms with Crippen LogP contribution in [-0.4, -0.2) is 41.9 Å². The minimum Gasteiger partial charge on any atom is -0.497 e. The fraction of sp³-hybridized carbons (Fsp3) is 0.444. The number of hydrogen-bond acceptors (Lipinski definition) is 4. The zero-order chi connectivity index (χ0) is 17.6. The second-order valence-electron chi connectivity index (χ2n) is 6.10. The molecule has 0 bridgehead atoms. The van der Waals surface area contributed by atoms with Gasteiger partial charge in [-0.1, -0.05) is 12.1 Å². The number of carbonyl (C=O) groups is 1. The number of urea groups is 1. The van der Waals surface area contributed by atoms with Crippen molar-refractivity contribution >= 4 is 6.03 Å². The number of benzene rings is 1. The number of nitrogens with one attached hydrogen (secondary N) is 2. The molecule has 2 atom stereocenters. The van der Waals surface area contributed by atoms with Crippen LogP contribution in [0.3, 0.4) is 0 Å². The number of carbonyl (C=O) groups excluding carboxylic acids is 1. The van der Waals surface area contributed by atoms with Gasteiger partial charge in [0, 0.05) is 32.6 Å². The third kappa shape index (κ3) is 4.30. The Balaban J connectivity index is 1.74. The molecule has 1 aromatic carbocycles. The Morgan fingerprint density at radius 2 is 2.40 bits per heavy atom. The summed E-state index contributed by atoms with van der Waals surface area (Å²) in [7, 11) is 3.53. The van der Waals surface area contributed by atoms with Gasteiger partial charge in [-0.05, 0) is 30.5 Å². The molecule has 134 valence electrons. The predicted octanol–water partition coefficient (Wildman–Crippen LogP) is 2.00. The molecule has 1 saturated heterocycles. The second-order valence-corrected chi connectivity index (χ2v) is 6.10. The zero-order valence-electron chi connectivity index (χ0n) is 14.6. The van der Waals surface area contributed by atoms with E-state index in [0.29, 0.717) is 6.54 Å². The highest BCUT2D eigenvalue weighted by Crippen LogP contribution is 2.24. The van der Waals surface area contributed by atoms with E-state index in [1.54, 1.807) is 13.3 Å². The molecule has 0 spiro atoms. The lowest BCUT2D eigenvalue weighted by molar-refractivity contribution is 0.111. The van der Waals surface area contributed by atoms with Crippen LogP contribution in [0.2, 0.25) is 0 Å². The van der Waals surface area contributed by atoms with Crippen LogP contribution in [0.25, 0.3) is 0 Å². The average Bonchev–Trinajstić information content (AvgIpc) is 3.29. The largest absolute Gasteiger partial charge is 0.497 e. The number of imidazole rings is 1. The molecule has 0 radical (unpaired) electrons. The molecular weight excluding hydrogens is 320 g/mol. The first-order valence-electron chi connectivity index (χ1n) is 8.44. The van der Waals surface area contributed by atoms with Crippen molar-refractivity contribution in [2.24, 2.45) is 7.05 Å². The van der Waals surface area contributed by atoms with Gasteiger partial charge in [0.25, 0.3) is 0 Å². The second kappa shape index (κ2) is 8.02. The normalized spacial score (nSPS) is 17.9. The minimum absolute atomic E-state index is 0.106. The molecule has 2 heterocycles. The number of rotatable bonds is 6. The van der Waals surface area contributed by atoms with E-state index in [4.69, 9.17) is 9.47 Å². The highest BCUT2D eigenvalue weighted by Gasteiger charge is 2.22. The van der Waals surface area contributed by atoms with Crippen LogP contribution < -0.4 is 15.4 Å². The summed E-state index contributed by atoms with van der Waals surface area (Å²) in [6.45, 7) is 1.28. The topological polar surface area (TPSA) is 77.4 Å². The third-order valence-electron chi connectivity index (χ3n) is 4.33. The van der Waals surface area contributed by atoms with Crippen LogP contribution in [0.4, 0.5) is 4.79 Å². The number of amides is 2. The van der Waals surface area contributed by atoms with Crippen LogP contribution >= 0.6 is 0 Å². The quantitative estimate of drug-likeness (QED) is 0.840. The summed E-state index contributed by atoms with van der Waals surface area (Å²) < 4.78 is 12.7. The van der Waals surface area contributed by atoms with Gasteiger partial charge in [0.15, 0.2) is 0 Å². The van der Waals surface area contributed by atoms with Gasteiger partial charge in [-0.15, -0.1) is 0 Å². The number of nitrogens with zero attached hydrogens (tertiary/aromatic N) is 2. The lowest BCUT2D eigenvalue weighted by atomic mass is 10.1. The van der Waals surface area contributed by atoms with Crippen molar-refractivity contribution in [3.05, 3.63) is 48.0 Å². The van der Waals surface area contributed by atoms with Crippen molar-refractivity contribution in [2.75, 3.05) is 20.3 Å². The van der Waals surface area contributed by atoms with E-state index < -0.39 is 0 Å². The van der Waals surface area contributed by atoms with E-state index in [1.807, 2.05) is 42.1 Å². The molecule has 1 aromatic heterocycles. The van der Waals surface area contributed by atoms with Crippen molar-refractivity contribution in [1.29, 1.82) is 0 Å². The molecular formula is C18H24N4O3. The van der Waals surface area contributed by atoms with Gasteiger partial charge < -0.3 is 24.7 Å². The maximum atomic E-state index is 12.4. The molecule has 2 N–H and O–H groups in total. The van der Waals surface area contributed by atoms with Gasteiger partial charge in [-0.25, -0.2) is 9.78 Å². The Bertz CT molecular complexity index is 710. The van der Waals surface area contributed by atoms with Gasteiger partial charge in [-0.3, -0.25) is 0 Å². The highest BCUT2D eigenvalue weighted by molar-refractivity contribution is 5.75. The first kappa shape index (κ1) is 17.3. The zero-order valence-corrected chi connectivity index (χ0v) is 14.6. The number of ether oxygens (including phenoxy) is 2. The van der Waals surface area contributed by atoms with E-state index >= 15 is 0 Å². The van der Waals surface area contributed by atoms with Gasteiger partial charge in [0.2, 0.25) is 0 Å². The fourth-order valence-electron chi connectivity index (χ4n) is 2.97. The summed E-state index contributed by atoms with van der Waals surface area (Å²) in [6, 6.07) is 7.00. The molecule has 7 heteroatoms. The highest BCUT2D eigenvalue weighted by atomic mass is 16.5. The Morgan fingerprint density at radius 1 is 1.52 bits per heavy atom. The maximum Gasteiger partial charge on any atom is 0.315 e. The summed E-state index contributed by atoms with van der Waals surface area (Å²) in [4.78, 5) is 16.8. The molecule has 0 unspecified atom stereocenters. The van der Waals surface area contributed by atoms with Crippen molar-refractivity contribution < 1.29 is 14.3 Å². The Labute approximate surface area is 147 Å². The smallest absolute Gasteiger partial charge is 0.315 e. The Morgan fingerprint density at radius 3 is 3.08 bits per heavy atom. The molecule has 1 fully saturated rings. The van der Waals surface area contributed by atoms with Crippen LogP contribution in [0.1, 0.15) is 30.3 Å². The number of aryl methyl sites for hydroxylation is 1. The van der Waals surface area contributed by atoms with Crippen molar-refractivity contribution in [3.8, 4) is 5.75 Å². The summed E-state index contributed by atoms with van der Waals surface area (Å²) in [5.41, 5.74) is 0.904. The van der Waals surface area contributed by atoms with Gasteiger partial charge in [-0.2, -0.15) is 0 Å². The first-order chi connectivity index (χ1) is 12.2. The molecule has 3 rings (SSSR count). The van der Waals surface area contributed by atoms with E-state index in [9.17, 15) is 4.79 Å². The van der Waals surface area contributed by atoms with Crippen LogP contribution in [0.5, 0.6) is 5.75 Å². The molecule has 25 heavy (non-hydrogen) atoms. The standard InChI is InChI=1S/C18H24N4O3/c1-22-9-8-19-17(22)16(13-5-3-6-14(11-13)24-2)21-18(23)20-12-15-7-4-10-25-15/h3,5-6,8-9,11,15-16H,4,7,10,12H2,1-2H3,(H2,20,21,23)/t15-,16+/m0/s1. The van der Waals surface area contributed by atoms with Gasteiger partial charge in [0.05, 0.1) is 13.2 Å². The lowest BCUT2D eigenvalue weighted by Gasteiger charge is -2.20. The van der Waals surface area contributed by atoms with Gasteiger partial charge in [0.1, 0.15) is 17.6 Å². The SMILES string of the molecule is COc1cccc([C@@H](NC(=O)NC[C@@H]2CCCO2)c2nccn2C)c1. The van der Waals surface area contributed by atoms with Crippen LogP contribution in [0, 0.1) is 0 Å². The predicted molar refractivity (Wildman–Crippen MR) is 93.6 cm³/mol. The minimum atomic E-state index is -0.375. The van der Waals surface area contributed by atoms with Crippen LogP contribution in [0.15, 0.2) is 36.7 Å². The van der Waals surface area contributed by atoms with E-state index in [2.05, 4.69) is 15.6 Å². The summed E-state index contributed by atoms with van der Waals surface area (Å²) >= 11 is 0. The Kier molecular flexibility index (Phi) is 5.55. The van der Waals surface area contributed by atoms with E-state index in [1.165, 1.54) is 0 Å². The molecule has 7 nitrogen and oxygen atoms in total. The lowest BCUT2D eigenvalue weighted by Crippen LogP contribution is -2.42. The van der Waals surface area contributed by atoms with Crippen molar-refractivity contribution in [1.82, 2.24) is 20.2 Å². The maximum absolute atomic E-state index is 12.4. The summed E-state index contributed by atoms with van der Waals surface area (Å²) in [5.74, 6) is 1.48. The monoisotopic (exact) mass is 344 g/mol. The number of hydrogen-bond donors (Lipinski definition) is 2. The molecule has 0 aliphatic carbocycles. The molecule has 0 saturated carbocycles. The Hall–Kier alpha value is -2.54. The van der Waals surface area contributed by atoms with Crippen LogP contribution in [-0.2, 0) is 11.8 Å². The van der Waals surface area contributed by atoms with Crippen molar-refractivity contribution in [3.63, 3.8) is 0 Å². The van der Waals surface area contributed by atoms with E-state index in [0.717, 1.165) is 36.6 Å². The average molecular weight is 344 g/mol. The number of methoxy groups -OCH3 is 1. The van der Waals surface area contributed by atoms with Crippen molar-refractivity contribution in [2.45, 2.75) is 25.0 Å². The van der Waals surface area contributed by atoms with E-state index in [-0.39, 0.29) is 18.2 Å².